The van der Waals surface area contributed by atoms with Crippen LogP contribution in [-0.2, 0) is 57.0 Å². The number of anilines is 1. The standard InChI is InChI=1S/C45H57NO14.C15H22FN3O6/c1-24-28(57-39(51)33(48)32(26-17-13-11-14-18-26)46-40(52)60-41(3,4)5)22-45(53)37(58-38(50)27-19-15-12-16-20-27)35-43(8,36(49)34(55-10)31(24)42(45,6)7)29(54-9)21-30-44(35,23-56-30)59-25(2)47;1-3-4-5-6-24-15(23)18-12-9(16)7-19(14(22)17-12)13-11(21)10(20)8(2)25-13/h11-20,28-30,32-35,37,48,53H,21-23H2,1-10H3,(H,46,52);7-8,10-11,13,20-21H,3-6H2,1-2H3,(H,17,18,22,23)/t28-,29-,30+,32-,33+,34+,35-,37-,43+,44-,45+;8-,10-,11-,13-/m01/s1. The number of aliphatic hydroxyl groups is 4. The third kappa shape index (κ3) is 13.0. The Labute approximate surface area is 491 Å². The lowest BCUT2D eigenvalue weighted by Crippen LogP contribution is -2.82. The highest BCUT2D eigenvalue weighted by molar-refractivity contribution is 5.94. The van der Waals surface area contributed by atoms with Crippen LogP contribution in [0.2, 0.25) is 0 Å². The molecule has 3 aliphatic carbocycles. The number of carbonyl (C=O) groups is 6. The van der Waals surface area contributed by atoms with Gasteiger partial charge in [0.05, 0.1) is 54.6 Å². The zero-order chi connectivity index (χ0) is 62.7. The zero-order valence-corrected chi connectivity index (χ0v) is 49.8. The number of aromatic nitrogens is 2. The molecule has 85 heavy (non-hydrogen) atoms. The molecule has 0 unspecified atom stereocenters. The van der Waals surface area contributed by atoms with Gasteiger partial charge in [-0.15, -0.1) is 0 Å². The number of benzene rings is 2. The molecule has 2 saturated heterocycles. The Morgan fingerprint density at radius 1 is 0.929 bits per heavy atom. The summed E-state index contributed by atoms with van der Waals surface area (Å²) in [6.45, 7) is 16.4. The minimum Gasteiger partial charge on any atom is -0.456 e. The number of methoxy groups -OCH3 is 2. The molecule has 2 bridgehead atoms. The van der Waals surface area contributed by atoms with Crippen molar-refractivity contribution in [3.05, 3.63) is 105 Å². The van der Waals surface area contributed by atoms with E-state index in [2.05, 4.69) is 15.6 Å². The molecule has 5 aliphatic rings. The highest BCUT2D eigenvalue weighted by Crippen LogP contribution is 2.65. The van der Waals surface area contributed by atoms with Crippen molar-refractivity contribution in [2.24, 2.45) is 16.7 Å². The number of Topliss-reactive ketones (excluding diaryl/α,β-unsaturated/α-hetero) is 1. The number of ether oxygens (including phenoxy) is 9. The maximum atomic E-state index is 15.5. The van der Waals surface area contributed by atoms with Crippen LogP contribution in [0.4, 0.5) is 19.8 Å². The Balaban J connectivity index is 0.000000345. The van der Waals surface area contributed by atoms with E-state index in [1.165, 1.54) is 28.1 Å². The van der Waals surface area contributed by atoms with Crippen LogP contribution < -0.4 is 16.3 Å². The summed E-state index contributed by atoms with van der Waals surface area (Å²) in [6.07, 6.45) is -11.6. The van der Waals surface area contributed by atoms with E-state index in [4.69, 9.17) is 42.6 Å². The summed E-state index contributed by atoms with van der Waals surface area (Å²) in [7, 11) is 2.78. The molecule has 2 aliphatic heterocycles. The molecular formula is C60H79FN4O20. The van der Waals surface area contributed by atoms with E-state index in [1.54, 1.807) is 109 Å². The lowest BCUT2D eigenvalue weighted by Gasteiger charge is -2.67. The summed E-state index contributed by atoms with van der Waals surface area (Å²) in [5.74, 6) is -6.11. The second-order valence-electron chi connectivity index (χ2n) is 23.8. The average molecular weight is 1200 g/mol. The number of hydrogen-bond acceptors (Lipinski definition) is 21. The van der Waals surface area contributed by atoms with Gasteiger partial charge in [0.25, 0.3) is 0 Å². The van der Waals surface area contributed by atoms with Crippen LogP contribution in [-0.4, -0.2) is 165 Å². The Kier molecular flexibility index (Phi) is 20.2. The second-order valence-corrected chi connectivity index (χ2v) is 23.8. The van der Waals surface area contributed by atoms with Crippen molar-refractivity contribution < 1.29 is 96.2 Å². The smallest absolute Gasteiger partial charge is 0.412 e. The van der Waals surface area contributed by atoms with Crippen molar-refractivity contribution in [1.29, 1.82) is 0 Å². The fourth-order valence-corrected chi connectivity index (χ4v) is 12.5. The van der Waals surface area contributed by atoms with Crippen molar-refractivity contribution in [3.8, 4) is 0 Å². The minimum atomic E-state index is -2.22. The van der Waals surface area contributed by atoms with E-state index >= 15 is 4.79 Å². The molecule has 0 radical (unpaired) electrons. The largest absolute Gasteiger partial charge is 0.456 e. The molecule has 1 aromatic heterocycles. The number of halogens is 1. The Hall–Kier alpha value is -6.71. The molecule has 4 fully saturated rings. The molecule has 0 spiro atoms. The maximum Gasteiger partial charge on any atom is 0.412 e. The molecule has 8 rings (SSSR count). The highest BCUT2D eigenvalue weighted by Gasteiger charge is 2.78. The van der Waals surface area contributed by atoms with Crippen LogP contribution in [0.3, 0.4) is 0 Å². The van der Waals surface area contributed by atoms with E-state index in [0.717, 1.165) is 23.6 Å². The summed E-state index contributed by atoms with van der Waals surface area (Å²) in [5.41, 5.74) is -7.67. The molecule has 466 valence electrons. The molecule has 15 atom stereocenters. The van der Waals surface area contributed by atoms with E-state index < -0.39 is 160 Å². The summed E-state index contributed by atoms with van der Waals surface area (Å²) in [5, 5.41) is 49.6. The number of rotatable bonds is 16. The van der Waals surface area contributed by atoms with E-state index in [-0.39, 0.29) is 30.8 Å². The van der Waals surface area contributed by atoms with E-state index in [1.807, 2.05) is 6.92 Å². The van der Waals surface area contributed by atoms with Crippen molar-refractivity contribution in [2.45, 2.75) is 185 Å². The molecular weight excluding hydrogens is 1120 g/mol. The SMILES string of the molecule is CCCCCOC(=O)Nc1nc(=O)n([C@@H]2O[C@H](C)[C@@H](O)[C@H]2O)cc1F.CO[C@H]1C(=O)[C@]2(C)[C@@H](OC)C[C@H]3OC[C@@]3(OC(C)=O)[C@H]2[C@H](OC(=O)c2ccccc2)[C@]2(O)C[C@H](OC(=O)[C@H](O)[C@@H](NC(=O)OC(C)(C)C)c3ccccc3)C(C)=C1C2(C)C. The van der Waals surface area contributed by atoms with Gasteiger partial charge in [-0.1, -0.05) is 82.1 Å². The molecule has 25 heteroatoms. The van der Waals surface area contributed by atoms with Gasteiger partial charge in [0, 0.05) is 39.4 Å². The van der Waals surface area contributed by atoms with Gasteiger partial charge in [0.2, 0.25) is 0 Å². The Bertz CT molecular complexity index is 3030. The number of hydrogen-bond donors (Lipinski definition) is 6. The first-order valence-electron chi connectivity index (χ1n) is 28.2. The van der Waals surface area contributed by atoms with Crippen molar-refractivity contribution in [2.75, 3.05) is 32.8 Å². The molecule has 2 saturated carbocycles. The normalized spacial score (nSPS) is 30.9. The molecule has 6 N–H and O–H groups in total. The average Bonchev–Trinajstić information content (AvgIpc) is 0.961. The molecule has 2 aromatic carbocycles. The van der Waals surface area contributed by atoms with Crippen molar-refractivity contribution in [3.63, 3.8) is 0 Å². The summed E-state index contributed by atoms with van der Waals surface area (Å²) < 4.78 is 67.3. The number of alkyl carbamates (subject to hydrolysis) is 1. The highest BCUT2D eigenvalue weighted by atomic mass is 19.1. The Morgan fingerprint density at radius 2 is 1.58 bits per heavy atom. The summed E-state index contributed by atoms with van der Waals surface area (Å²) >= 11 is 0. The number of nitrogens with one attached hydrogen (secondary N) is 2. The Morgan fingerprint density at radius 3 is 2.13 bits per heavy atom. The van der Waals surface area contributed by atoms with Gasteiger partial charge < -0.3 is 68.4 Å². The fourth-order valence-electron chi connectivity index (χ4n) is 12.5. The quantitative estimate of drug-likeness (QED) is 0.0457. The fraction of sp³-hybridized carbons (Fsp3) is 0.600. The van der Waals surface area contributed by atoms with Crippen LogP contribution in [0.1, 0.15) is 130 Å². The number of fused-ring (bicyclic) bond motifs is 5. The van der Waals surface area contributed by atoms with E-state index in [0.29, 0.717) is 17.6 Å². The molecule has 3 aromatic rings. The number of aliphatic hydroxyl groups excluding tert-OH is 3. The number of unbranched alkanes of at least 4 members (excludes halogenated alkanes) is 2. The first-order valence-corrected chi connectivity index (χ1v) is 28.2. The summed E-state index contributed by atoms with van der Waals surface area (Å²) in [6, 6.07) is 15.1. The lowest BCUT2D eigenvalue weighted by atomic mass is 9.44. The maximum absolute atomic E-state index is 15.5. The predicted molar refractivity (Wildman–Crippen MR) is 298 cm³/mol. The topological polar surface area (TPSA) is 325 Å². The number of esters is 3. The van der Waals surface area contributed by atoms with Gasteiger partial charge in [0.1, 0.15) is 47.8 Å². The third-order valence-corrected chi connectivity index (χ3v) is 16.9. The van der Waals surface area contributed by atoms with Gasteiger partial charge in [-0.2, -0.15) is 4.98 Å². The van der Waals surface area contributed by atoms with Gasteiger partial charge in [-0.3, -0.25) is 19.5 Å². The van der Waals surface area contributed by atoms with Gasteiger partial charge in [-0.25, -0.2) is 28.4 Å². The van der Waals surface area contributed by atoms with Crippen molar-refractivity contribution in [1.82, 2.24) is 14.9 Å². The predicted octanol–water partition coefficient (Wildman–Crippen LogP) is 5.33. The summed E-state index contributed by atoms with van der Waals surface area (Å²) in [4.78, 5) is 97.1. The number of amides is 2. The third-order valence-electron chi connectivity index (χ3n) is 16.9. The first-order chi connectivity index (χ1) is 39.9. The number of nitrogens with zero attached hydrogens (tertiary/aromatic N) is 2. The lowest BCUT2D eigenvalue weighted by molar-refractivity contribution is -0.347. The van der Waals surface area contributed by atoms with Crippen LogP contribution in [0.25, 0.3) is 0 Å². The monoisotopic (exact) mass is 1190 g/mol. The van der Waals surface area contributed by atoms with E-state index in [9.17, 15) is 53.6 Å². The molecule has 2 amide bonds. The van der Waals surface area contributed by atoms with Crippen LogP contribution in [0, 0.1) is 22.6 Å². The van der Waals surface area contributed by atoms with Crippen molar-refractivity contribution >= 4 is 41.7 Å². The number of carbonyl (C=O) groups excluding carboxylic acids is 6. The van der Waals surface area contributed by atoms with Crippen LogP contribution in [0.15, 0.2) is 82.8 Å². The first kappa shape index (κ1) is 65.8. The van der Waals surface area contributed by atoms with Gasteiger partial charge >= 0.3 is 35.8 Å². The second kappa shape index (κ2) is 26.1. The minimum absolute atomic E-state index is 0.121. The molecule has 24 nitrogen and oxygen atoms in total. The van der Waals surface area contributed by atoms with Crippen LogP contribution >= 0.6 is 0 Å². The van der Waals surface area contributed by atoms with Gasteiger partial charge in [0.15, 0.2) is 35.4 Å². The zero-order valence-electron chi connectivity index (χ0n) is 49.8. The van der Waals surface area contributed by atoms with Crippen LogP contribution in [0.5, 0.6) is 0 Å². The van der Waals surface area contributed by atoms with Gasteiger partial charge in [-0.05, 0) is 76.8 Å². The number of ketones is 1. The molecule has 3 heterocycles.